The summed E-state index contributed by atoms with van der Waals surface area (Å²) in [6, 6.07) is 1.60. The Labute approximate surface area is 109 Å². The van der Waals surface area contributed by atoms with E-state index in [4.69, 9.17) is 0 Å². The molecular formula is C11H13F3N2O2S. The fourth-order valence-electron chi connectivity index (χ4n) is 2.08. The van der Waals surface area contributed by atoms with E-state index in [1.54, 1.807) is 0 Å². The zero-order valence-electron chi connectivity index (χ0n) is 9.94. The standard InChI is InChI=1S/C11H13F3N2O2S/c12-11(13,14)9-4-1-5-15-10(9)16-8-3-2-6-19(17,18)7-8/h1,4-5,8H,2-3,6-7H2,(H,15,16). The van der Waals surface area contributed by atoms with Crippen LogP contribution in [0.1, 0.15) is 18.4 Å². The third-order valence-electron chi connectivity index (χ3n) is 2.92. The van der Waals surface area contributed by atoms with E-state index in [9.17, 15) is 21.6 Å². The molecule has 0 spiro atoms. The molecule has 0 radical (unpaired) electrons. The number of anilines is 1. The van der Waals surface area contributed by atoms with Crippen LogP contribution in [0.2, 0.25) is 0 Å². The van der Waals surface area contributed by atoms with Gasteiger partial charge in [0, 0.05) is 12.2 Å². The highest BCUT2D eigenvalue weighted by Gasteiger charge is 2.35. The molecule has 2 heterocycles. The van der Waals surface area contributed by atoms with E-state index in [1.165, 1.54) is 12.3 Å². The minimum Gasteiger partial charge on any atom is -0.366 e. The van der Waals surface area contributed by atoms with Crippen LogP contribution >= 0.6 is 0 Å². The summed E-state index contributed by atoms with van der Waals surface area (Å²) in [6.07, 6.45) is -2.29. The van der Waals surface area contributed by atoms with Gasteiger partial charge in [0.15, 0.2) is 9.84 Å². The van der Waals surface area contributed by atoms with Crippen LogP contribution in [0.25, 0.3) is 0 Å². The lowest BCUT2D eigenvalue weighted by Gasteiger charge is -2.24. The molecule has 2 rings (SSSR count). The van der Waals surface area contributed by atoms with Crippen molar-refractivity contribution in [3.63, 3.8) is 0 Å². The second kappa shape index (κ2) is 4.99. The van der Waals surface area contributed by atoms with Crippen LogP contribution in [0.3, 0.4) is 0 Å². The van der Waals surface area contributed by atoms with Gasteiger partial charge in [-0.2, -0.15) is 13.2 Å². The van der Waals surface area contributed by atoms with Gasteiger partial charge in [-0.05, 0) is 25.0 Å². The summed E-state index contributed by atoms with van der Waals surface area (Å²) in [6.45, 7) is 0. The molecule has 4 nitrogen and oxygen atoms in total. The van der Waals surface area contributed by atoms with Gasteiger partial charge < -0.3 is 5.32 Å². The van der Waals surface area contributed by atoms with Crippen LogP contribution in [0.4, 0.5) is 19.0 Å². The number of nitrogens with zero attached hydrogens (tertiary/aromatic N) is 1. The molecule has 0 saturated carbocycles. The highest BCUT2D eigenvalue weighted by Crippen LogP contribution is 2.34. The molecule has 1 aromatic rings. The highest BCUT2D eigenvalue weighted by molar-refractivity contribution is 7.91. The fraction of sp³-hybridized carbons (Fsp3) is 0.545. The van der Waals surface area contributed by atoms with Crippen LogP contribution in [0.5, 0.6) is 0 Å². The van der Waals surface area contributed by atoms with Gasteiger partial charge in [-0.1, -0.05) is 0 Å². The van der Waals surface area contributed by atoms with Crippen molar-refractivity contribution < 1.29 is 21.6 Å². The predicted octanol–water partition coefficient (Wildman–Crippen LogP) is 2.09. The average Bonchev–Trinajstić information content (AvgIpc) is 2.26. The average molecular weight is 294 g/mol. The number of rotatable bonds is 2. The first-order chi connectivity index (χ1) is 8.78. The first-order valence-corrected chi connectivity index (χ1v) is 7.59. The molecule has 1 aromatic heterocycles. The molecule has 0 aliphatic carbocycles. The summed E-state index contributed by atoms with van der Waals surface area (Å²) >= 11 is 0. The summed E-state index contributed by atoms with van der Waals surface area (Å²) < 4.78 is 61.2. The molecule has 0 bridgehead atoms. The number of pyridine rings is 1. The van der Waals surface area contributed by atoms with Crippen molar-refractivity contribution >= 4 is 15.7 Å². The molecule has 1 atom stereocenters. The van der Waals surface area contributed by atoms with Crippen molar-refractivity contribution in [3.8, 4) is 0 Å². The Balaban J connectivity index is 2.20. The molecule has 106 valence electrons. The number of sulfone groups is 1. The number of hydrogen-bond donors (Lipinski definition) is 1. The molecule has 1 unspecified atom stereocenters. The van der Waals surface area contributed by atoms with E-state index in [0.29, 0.717) is 12.8 Å². The third kappa shape index (κ3) is 3.59. The molecule has 0 amide bonds. The topological polar surface area (TPSA) is 59.1 Å². The molecule has 19 heavy (non-hydrogen) atoms. The normalized spacial score (nSPS) is 23.0. The first kappa shape index (κ1) is 14.1. The Morgan fingerprint density at radius 1 is 1.37 bits per heavy atom. The van der Waals surface area contributed by atoms with Crippen molar-refractivity contribution in [1.29, 1.82) is 0 Å². The van der Waals surface area contributed by atoms with Crippen molar-refractivity contribution in [2.45, 2.75) is 25.1 Å². The van der Waals surface area contributed by atoms with Crippen LogP contribution in [-0.2, 0) is 16.0 Å². The summed E-state index contributed by atoms with van der Waals surface area (Å²) in [5.74, 6) is -0.363. The Hall–Kier alpha value is -1.31. The maximum atomic E-state index is 12.8. The first-order valence-electron chi connectivity index (χ1n) is 5.77. The van der Waals surface area contributed by atoms with E-state index in [0.717, 1.165) is 6.07 Å². The largest absolute Gasteiger partial charge is 0.419 e. The lowest BCUT2D eigenvalue weighted by molar-refractivity contribution is -0.137. The molecule has 8 heteroatoms. The van der Waals surface area contributed by atoms with Crippen molar-refractivity contribution in [1.82, 2.24) is 4.98 Å². The minimum atomic E-state index is -4.51. The van der Waals surface area contributed by atoms with Gasteiger partial charge in [0.1, 0.15) is 5.82 Å². The van der Waals surface area contributed by atoms with Crippen LogP contribution in [-0.4, -0.2) is 30.9 Å². The zero-order valence-corrected chi connectivity index (χ0v) is 10.8. The third-order valence-corrected chi connectivity index (χ3v) is 4.74. The zero-order chi connectivity index (χ0) is 14.1. The molecule has 1 fully saturated rings. The van der Waals surface area contributed by atoms with Crippen molar-refractivity contribution in [3.05, 3.63) is 23.9 Å². The second-order valence-electron chi connectivity index (χ2n) is 4.50. The summed E-state index contributed by atoms with van der Waals surface area (Å²) in [5, 5.41) is 2.60. The van der Waals surface area contributed by atoms with Gasteiger partial charge in [0.25, 0.3) is 0 Å². The smallest absolute Gasteiger partial charge is 0.366 e. The SMILES string of the molecule is O=S1(=O)CCCC(Nc2ncccc2C(F)(F)F)C1. The Bertz CT molecular complexity index is 557. The fourth-order valence-corrected chi connectivity index (χ4v) is 3.72. The summed E-state index contributed by atoms with van der Waals surface area (Å²) in [5.41, 5.74) is -0.877. The molecule has 1 N–H and O–H groups in total. The second-order valence-corrected chi connectivity index (χ2v) is 6.72. The lowest BCUT2D eigenvalue weighted by Crippen LogP contribution is -2.35. The Kier molecular flexibility index (Phi) is 3.71. The Morgan fingerprint density at radius 3 is 2.74 bits per heavy atom. The van der Waals surface area contributed by atoms with Gasteiger partial charge in [-0.15, -0.1) is 0 Å². The minimum absolute atomic E-state index is 0.0968. The molecule has 1 aliphatic rings. The van der Waals surface area contributed by atoms with Gasteiger partial charge in [-0.3, -0.25) is 0 Å². The number of aromatic nitrogens is 1. The quantitative estimate of drug-likeness (QED) is 0.907. The predicted molar refractivity (Wildman–Crippen MR) is 64.5 cm³/mol. The van der Waals surface area contributed by atoms with Crippen LogP contribution in [0, 0.1) is 0 Å². The maximum Gasteiger partial charge on any atom is 0.419 e. The summed E-state index contributed by atoms with van der Waals surface area (Å²) in [7, 11) is -3.17. The molecular weight excluding hydrogens is 281 g/mol. The number of nitrogens with one attached hydrogen (secondary N) is 1. The van der Waals surface area contributed by atoms with E-state index in [-0.39, 0.29) is 17.3 Å². The monoisotopic (exact) mass is 294 g/mol. The number of alkyl halides is 3. The highest BCUT2D eigenvalue weighted by atomic mass is 32.2. The van der Waals surface area contributed by atoms with Crippen LogP contribution < -0.4 is 5.32 Å². The lowest BCUT2D eigenvalue weighted by atomic mass is 10.1. The van der Waals surface area contributed by atoms with Gasteiger partial charge in [0.05, 0.1) is 17.1 Å². The maximum absolute atomic E-state index is 12.8. The van der Waals surface area contributed by atoms with Crippen molar-refractivity contribution in [2.75, 3.05) is 16.8 Å². The van der Waals surface area contributed by atoms with Gasteiger partial charge in [0.2, 0.25) is 0 Å². The number of halogens is 3. The van der Waals surface area contributed by atoms with Crippen LogP contribution in [0.15, 0.2) is 18.3 Å². The molecule has 1 aliphatic heterocycles. The number of hydrogen-bond acceptors (Lipinski definition) is 4. The van der Waals surface area contributed by atoms with Gasteiger partial charge in [-0.25, -0.2) is 13.4 Å². The van der Waals surface area contributed by atoms with E-state index >= 15 is 0 Å². The van der Waals surface area contributed by atoms with Gasteiger partial charge >= 0.3 is 6.18 Å². The summed E-state index contributed by atoms with van der Waals surface area (Å²) in [4.78, 5) is 3.66. The Morgan fingerprint density at radius 2 is 2.11 bits per heavy atom. The van der Waals surface area contributed by atoms with E-state index in [1.807, 2.05) is 0 Å². The molecule has 0 aromatic carbocycles. The molecule has 1 saturated heterocycles. The van der Waals surface area contributed by atoms with E-state index in [2.05, 4.69) is 10.3 Å². The van der Waals surface area contributed by atoms with E-state index < -0.39 is 27.6 Å². The van der Waals surface area contributed by atoms with Crippen molar-refractivity contribution in [2.24, 2.45) is 0 Å².